The Balaban J connectivity index is 0.000000298. The summed E-state index contributed by atoms with van der Waals surface area (Å²) in [4.78, 5) is 68.5. The van der Waals surface area contributed by atoms with Crippen LogP contribution in [0.1, 0.15) is 194 Å². The molecule has 110 heavy (non-hydrogen) atoms. The predicted molar refractivity (Wildman–Crippen MR) is 450 cm³/mol. The molecule has 0 fully saturated rings. The van der Waals surface area contributed by atoms with Gasteiger partial charge in [-0.15, -0.1) is 68.9 Å². The van der Waals surface area contributed by atoms with Crippen LogP contribution in [-0.4, -0.2) is 103 Å². The molecule has 4 aromatic carbocycles. The third-order valence-electron chi connectivity index (χ3n) is 17.5. The maximum atomic E-state index is 12.7. The molecule has 26 heteroatoms. The van der Waals surface area contributed by atoms with Gasteiger partial charge in [0.1, 0.15) is 38.3 Å². The summed E-state index contributed by atoms with van der Waals surface area (Å²) in [5, 5.41) is 27.9. The number of thiol groups is 1. The van der Waals surface area contributed by atoms with Crippen LogP contribution < -0.4 is 162 Å². The molecule has 0 radical (unpaired) electrons. The topological polar surface area (TPSA) is 223 Å². The van der Waals surface area contributed by atoms with E-state index in [9.17, 15) is 29.4 Å². The molecule has 8 aromatic rings. The molecule has 4 aliphatic rings. The number of benzene rings is 4. The van der Waals surface area contributed by atoms with Crippen molar-refractivity contribution >= 4 is 128 Å². The van der Waals surface area contributed by atoms with Crippen LogP contribution in [0, 0.1) is 55.4 Å². The number of rotatable bonds is 15. The summed E-state index contributed by atoms with van der Waals surface area (Å²) in [6.07, 6.45) is 6.96. The molecule has 0 amide bonds. The Kier molecular flexibility index (Phi) is 40.3. The molecular weight excluding hydrogens is 1840 g/mol. The van der Waals surface area contributed by atoms with Crippen molar-refractivity contribution in [2.75, 3.05) is 47.8 Å². The number of carbonyl (C=O) groups excluding carboxylic acids is 4. The number of aliphatic hydroxyl groups excluding tert-OH is 1. The van der Waals surface area contributed by atoms with Gasteiger partial charge in [0, 0.05) is 81.1 Å². The second-order valence-electron chi connectivity index (χ2n) is 29.4. The van der Waals surface area contributed by atoms with Gasteiger partial charge in [-0.3, -0.25) is 19.2 Å². The van der Waals surface area contributed by atoms with Gasteiger partial charge in [0.25, 0.3) is 6.47 Å². The molecule has 12 rings (SSSR count). The minimum Gasteiger partial charge on any atom is -1.00 e. The Morgan fingerprint density at radius 2 is 0.745 bits per heavy atom. The van der Waals surface area contributed by atoms with Gasteiger partial charge in [-0.05, 0) is 216 Å². The minimum absolute atomic E-state index is 0. The molecular formula is C84H105BrCs2O16S7. The smallest absolute Gasteiger partial charge is 1.00 e. The third kappa shape index (κ3) is 27.2. The molecule has 0 saturated heterocycles. The van der Waals surface area contributed by atoms with Crippen molar-refractivity contribution < 1.29 is 217 Å². The Morgan fingerprint density at radius 1 is 0.482 bits per heavy atom. The van der Waals surface area contributed by atoms with Gasteiger partial charge < -0.3 is 54.9 Å². The molecule has 0 saturated carbocycles. The standard InChI is InChI=1S/C22H28O3S2.C21H26O3S2.C18H19BrO3S.C18H20O4S.C4H10S.CH2O3.2Cs.H/c1-13-18(16-9-10-17-15(12-16)8-7-11-25-17)19(14(2)26-13)20(21(23)24-6)27-22(3,4)5;1-12-17(15-8-9-16-14(11-15)7-6-10-24-16)18(13(2)25-12)19(20(22)23)26-21(3,4)5;2*1-10-15(16(11(2)23-10)17(19)18(20)21-3)13-6-7-14-12(9-13)5-4-8-22-14;1-4(2,3)5;2-1-4-3;;;/h9-10,12,20H,7-8,11H2,1-6H3;8-9,11,19H,6-7,10H2,1-5H3,(H,22,23);6-7,9,17H,4-5,8H2,1-3H3;6-7,9,17,19H,4-5,8H2,1-3H3;5H,1-3H3;1,3H;;;/q;;;;;;2*+1;-1/p-1. The Labute approximate surface area is 808 Å². The molecule has 2 N–H and O–H groups in total. The number of carboxylic acid groups (broad SMARTS) is 1. The monoisotopic (exact) mass is 1940 g/mol. The van der Waals surface area contributed by atoms with E-state index in [-0.39, 0.29) is 177 Å². The van der Waals surface area contributed by atoms with Crippen LogP contribution in [0.4, 0.5) is 0 Å². The summed E-state index contributed by atoms with van der Waals surface area (Å²) in [6, 6.07) is 25.1. The number of alkyl halides is 1. The van der Waals surface area contributed by atoms with Crippen LogP contribution in [0.25, 0.3) is 44.5 Å². The quantitative estimate of drug-likeness (QED) is 0.0165. The number of thiophene rings is 4. The van der Waals surface area contributed by atoms with E-state index < -0.39 is 28.1 Å². The van der Waals surface area contributed by atoms with Gasteiger partial charge in [-0.25, -0.2) is 4.79 Å². The number of fused-ring (bicyclic) bond motifs is 4. The number of aryl methyl sites for hydroxylation is 12. The number of hydrogen-bond donors (Lipinski definition) is 3. The van der Waals surface area contributed by atoms with Crippen molar-refractivity contribution in [3.05, 3.63) is 156 Å². The maximum Gasteiger partial charge on any atom is 1.00 e. The van der Waals surface area contributed by atoms with Gasteiger partial charge in [-0.1, -0.05) is 103 Å². The molecule has 0 aliphatic carbocycles. The van der Waals surface area contributed by atoms with E-state index >= 15 is 0 Å². The Bertz CT molecular complexity index is 4330. The zero-order valence-corrected chi connectivity index (χ0v) is 87.6. The van der Waals surface area contributed by atoms with Crippen LogP contribution in [0.5, 0.6) is 23.0 Å². The van der Waals surface area contributed by atoms with Gasteiger partial charge in [0.2, 0.25) is 0 Å². The van der Waals surface area contributed by atoms with E-state index in [4.69, 9.17) is 43.2 Å². The summed E-state index contributed by atoms with van der Waals surface area (Å²) in [7, 11) is 4.18. The number of carbonyl (C=O) groups is 5. The zero-order valence-electron chi connectivity index (χ0n) is 68.7. The van der Waals surface area contributed by atoms with Crippen LogP contribution in [0.15, 0.2) is 72.8 Å². The summed E-state index contributed by atoms with van der Waals surface area (Å²) in [6.45, 7) is 38.2. The molecule has 16 nitrogen and oxygen atoms in total. The average molecular weight is 1940 g/mol. The first-order valence-electron chi connectivity index (χ1n) is 35.9. The molecule has 4 aliphatic heterocycles. The number of carboxylic acids is 1. The third-order valence-corrected chi connectivity index (χ3v) is 25.3. The van der Waals surface area contributed by atoms with E-state index in [1.165, 1.54) is 86.0 Å². The number of esters is 3. The summed E-state index contributed by atoms with van der Waals surface area (Å²) < 4.78 is 37.7. The van der Waals surface area contributed by atoms with E-state index in [1.54, 1.807) is 57.1 Å². The minimum atomic E-state index is -1.26. The van der Waals surface area contributed by atoms with Crippen LogP contribution in [0.2, 0.25) is 0 Å². The Morgan fingerprint density at radius 3 is 1.03 bits per heavy atom. The van der Waals surface area contributed by atoms with Crippen molar-refractivity contribution in [1.82, 2.24) is 0 Å². The number of aliphatic hydroxyl groups is 1. The fraction of sp³-hybridized carbons (Fsp3) is 0.464. The van der Waals surface area contributed by atoms with E-state index in [0.717, 1.165) is 170 Å². The summed E-state index contributed by atoms with van der Waals surface area (Å²) >= 11 is 17.6. The maximum absolute atomic E-state index is 12.7. The first-order valence-corrected chi connectivity index (χ1v) is 42.3. The normalized spacial score (nSPS) is 14.2. The molecule has 0 spiro atoms. The molecule has 8 heterocycles. The molecule has 588 valence electrons. The van der Waals surface area contributed by atoms with E-state index in [2.05, 4.69) is 179 Å². The van der Waals surface area contributed by atoms with E-state index in [0.29, 0.717) is 5.56 Å². The number of ether oxygens (including phenoxy) is 7. The second kappa shape index (κ2) is 45.1. The second-order valence-corrected chi connectivity index (χ2v) is 41.2. The van der Waals surface area contributed by atoms with Gasteiger partial charge in [0.15, 0.2) is 6.10 Å². The summed E-state index contributed by atoms with van der Waals surface area (Å²) in [5.41, 5.74) is 17.4. The van der Waals surface area contributed by atoms with Gasteiger partial charge in [0.05, 0.1) is 47.8 Å². The largest absolute Gasteiger partial charge is 1.00 e. The number of thioether (sulfide) groups is 2. The van der Waals surface area contributed by atoms with Gasteiger partial charge in [-0.2, -0.15) is 12.6 Å². The summed E-state index contributed by atoms with van der Waals surface area (Å²) in [5.74, 6) is 2.01. The first kappa shape index (κ1) is 98.4. The first-order chi connectivity index (χ1) is 50.8. The van der Waals surface area contributed by atoms with E-state index in [1.807, 2.05) is 45.0 Å². The number of hydrogen-bond acceptors (Lipinski definition) is 22. The fourth-order valence-corrected chi connectivity index (χ4v) is 21.4. The zero-order chi connectivity index (χ0) is 79.9. The van der Waals surface area contributed by atoms with Crippen molar-refractivity contribution in [1.29, 1.82) is 0 Å². The SMILES string of the molecule is CC(C)(C)S.COC(=O)C(Br)c1c(C)sc(C)c1-c1ccc2c(c1)CCCO2.COC(=O)C(O)c1c(C)sc(C)c1-c1ccc2c(c1)CCCO2.COC(=O)C(SC(C)(C)C)c1c(C)sc(C)c1-c1ccc2c(c1)CCCO2.Cc1sc(C)c(C(SC(C)(C)C)C(=O)O)c1-c1ccc2c(c1)CCCO2.O=CO[O-].[Cs+].[Cs+].[H-]. The fourth-order valence-electron chi connectivity index (χ4n) is 13.3. The number of aliphatic carboxylic acids is 1. The van der Waals surface area contributed by atoms with Crippen molar-refractivity contribution in [2.45, 2.75) is 205 Å². The average Bonchev–Trinajstić information content (AvgIpc) is 1.67. The predicted octanol–water partition coefficient (Wildman–Crippen LogP) is 14.9. The van der Waals surface area contributed by atoms with Crippen molar-refractivity contribution in [2.24, 2.45) is 0 Å². The Hall–Kier alpha value is -2.22. The van der Waals surface area contributed by atoms with Crippen LogP contribution >= 0.6 is 97.4 Å². The number of methoxy groups -OCH3 is 3. The molecule has 4 unspecified atom stereocenters. The molecule has 0 bridgehead atoms. The molecule has 4 aromatic heterocycles. The van der Waals surface area contributed by atoms with Crippen molar-refractivity contribution in [3.63, 3.8) is 0 Å². The van der Waals surface area contributed by atoms with Gasteiger partial charge >= 0.3 is 162 Å². The number of halogens is 1. The van der Waals surface area contributed by atoms with Crippen LogP contribution in [0.3, 0.4) is 0 Å². The van der Waals surface area contributed by atoms with Crippen LogP contribution in [-0.2, 0) is 68.8 Å². The van der Waals surface area contributed by atoms with Crippen molar-refractivity contribution in [3.8, 4) is 67.5 Å². The molecule has 4 atom stereocenters.